The Hall–Kier alpha value is -3.01. The molecule has 1 aromatic rings. The molecular weight excluding hydrogens is 476 g/mol. The van der Waals surface area contributed by atoms with Crippen LogP contribution in [-0.4, -0.2) is 62.4 Å². The highest BCUT2D eigenvalue weighted by Gasteiger charge is 2.54. The van der Waals surface area contributed by atoms with Gasteiger partial charge in [-0.1, -0.05) is 31.6 Å². The van der Waals surface area contributed by atoms with E-state index in [2.05, 4.69) is 4.98 Å². The summed E-state index contributed by atoms with van der Waals surface area (Å²) in [7, 11) is 3.08. The number of hydrogen-bond donors (Lipinski definition) is 2. The van der Waals surface area contributed by atoms with E-state index in [0.717, 1.165) is 5.57 Å². The van der Waals surface area contributed by atoms with Crippen molar-refractivity contribution in [3.05, 3.63) is 59.7 Å². The summed E-state index contributed by atoms with van der Waals surface area (Å²) >= 11 is 0. The van der Waals surface area contributed by atoms with Crippen molar-refractivity contribution in [3.8, 4) is 0 Å². The van der Waals surface area contributed by atoms with Gasteiger partial charge in [0, 0.05) is 19.3 Å². The van der Waals surface area contributed by atoms with Gasteiger partial charge in [0.1, 0.15) is 11.7 Å². The number of fused-ring (bicyclic) bond motifs is 3. The maximum absolute atomic E-state index is 12.9. The van der Waals surface area contributed by atoms with E-state index >= 15 is 0 Å². The predicted octanol–water partition coefficient (Wildman–Crippen LogP) is 2.71. The average Bonchev–Trinajstić information content (AvgIpc) is 3.39. The Morgan fingerprint density at radius 3 is 2.65 bits per heavy atom. The van der Waals surface area contributed by atoms with Crippen LogP contribution in [0.15, 0.2) is 54.1 Å². The number of aliphatic hydroxyl groups excluding tert-OH is 1. The van der Waals surface area contributed by atoms with Crippen molar-refractivity contribution in [2.45, 2.75) is 57.7 Å². The van der Waals surface area contributed by atoms with Gasteiger partial charge in [-0.25, -0.2) is 14.6 Å². The lowest BCUT2D eigenvalue weighted by atomic mass is 9.64. The second-order valence-corrected chi connectivity index (χ2v) is 10.8. The van der Waals surface area contributed by atoms with Crippen molar-refractivity contribution in [3.63, 3.8) is 0 Å². The van der Waals surface area contributed by atoms with Gasteiger partial charge in [0.2, 0.25) is 5.79 Å². The van der Waals surface area contributed by atoms with Crippen LogP contribution in [0.4, 0.5) is 0 Å². The molecule has 200 valence electrons. The van der Waals surface area contributed by atoms with Crippen LogP contribution in [0, 0.1) is 23.7 Å². The van der Waals surface area contributed by atoms with Crippen LogP contribution >= 0.6 is 0 Å². The first kappa shape index (κ1) is 27.0. The Labute approximate surface area is 217 Å². The van der Waals surface area contributed by atoms with Crippen LogP contribution < -0.4 is 0 Å². The van der Waals surface area contributed by atoms with Crippen LogP contribution in [0.2, 0.25) is 0 Å². The van der Waals surface area contributed by atoms with E-state index in [9.17, 15) is 19.8 Å². The number of carbonyl (C=O) groups excluding carboxylic acids is 2. The van der Waals surface area contributed by atoms with E-state index in [1.165, 1.54) is 19.3 Å². The first-order valence-corrected chi connectivity index (χ1v) is 12.5. The normalized spacial score (nSPS) is 35.3. The molecule has 0 fully saturated rings. The van der Waals surface area contributed by atoms with Gasteiger partial charge in [-0.3, -0.25) is 0 Å². The number of carbonyl (C=O) groups is 2. The van der Waals surface area contributed by atoms with Crippen LogP contribution in [0.25, 0.3) is 6.08 Å². The molecule has 0 radical (unpaired) electrons. The van der Waals surface area contributed by atoms with Gasteiger partial charge in [-0.2, -0.15) is 0 Å². The van der Waals surface area contributed by atoms with E-state index in [4.69, 9.17) is 14.2 Å². The molecule has 0 saturated heterocycles. The molecular formula is C28H36N2O7. The third kappa shape index (κ3) is 5.21. The minimum atomic E-state index is -2.08. The fourth-order valence-corrected chi connectivity index (χ4v) is 5.83. The molecule has 3 heterocycles. The Kier molecular flexibility index (Phi) is 7.34. The van der Waals surface area contributed by atoms with Crippen molar-refractivity contribution in [2.75, 3.05) is 7.11 Å². The number of aryl methyl sites for hydroxylation is 1. The van der Waals surface area contributed by atoms with E-state index in [1.54, 1.807) is 42.2 Å². The zero-order valence-electron chi connectivity index (χ0n) is 22.1. The number of rotatable bonds is 5. The van der Waals surface area contributed by atoms with Crippen LogP contribution in [-0.2, 0) is 30.8 Å². The van der Waals surface area contributed by atoms with Crippen molar-refractivity contribution < 1.29 is 34.0 Å². The molecule has 9 nitrogen and oxygen atoms in total. The fraction of sp³-hybridized carbons (Fsp3) is 0.536. The molecule has 4 rings (SSSR count). The van der Waals surface area contributed by atoms with E-state index in [0.29, 0.717) is 12.1 Å². The summed E-state index contributed by atoms with van der Waals surface area (Å²) < 4.78 is 18.8. The van der Waals surface area contributed by atoms with Gasteiger partial charge in [0.05, 0.1) is 30.8 Å². The second-order valence-electron chi connectivity index (χ2n) is 10.8. The molecule has 9 heteroatoms. The molecule has 7 atom stereocenters. The first-order chi connectivity index (χ1) is 17.4. The van der Waals surface area contributed by atoms with Crippen LogP contribution in [0.3, 0.4) is 0 Å². The molecule has 0 spiro atoms. The maximum Gasteiger partial charge on any atom is 0.339 e. The predicted molar refractivity (Wildman–Crippen MR) is 135 cm³/mol. The summed E-state index contributed by atoms with van der Waals surface area (Å²) in [5, 5.41) is 22.5. The number of nitrogens with zero attached hydrogens (tertiary/aromatic N) is 2. The Morgan fingerprint density at radius 2 is 2.03 bits per heavy atom. The molecule has 37 heavy (non-hydrogen) atoms. The molecule has 1 unspecified atom stereocenters. The van der Waals surface area contributed by atoms with Gasteiger partial charge >= 0.3 is 11.9 Å². The molecule has 0 saturated carbocycles. The van der Waals surface area contributed by atoms with Gasteiger partial charge < -0.3 is 29.0 Å². The lowest BCUT2D eigenvalue weighted by molar-refractivity contribution is -0.216. The van der Waals surface area contributed by atoms with E-state index < -0.39 is 35.5 Å². The Morgan fingerprint density at radius 1 is 1.30 bits per heavy atom. The SMILES string of the molecule is COC(=O)C1=C[C@@H]2C(C[C@@H](OC(=O)C=Cc3cn(C)cn3)[C@@]3(C)C=C[C@]1(O)O3)C(C)=C[C@H](O)[C@H]2C(C)C. The highest BCUT2D eigenvalue weighted by atomic mass is 16.7. The lowest BCUT2D eigenvalue weighted by Crippen LogP contribution is -2.47. The number of imidazole rings is 1. The Bertz CT molecular complexity index is 1180. The van der Waals surface area contributed by atoms with Crippen molar-refractivity contribution in [1.29, 1.82) is 0 Å². The fourth-order valence-electron chi connectivity index (χ4n) is 5.83. The number of aromatic nitrogens is 2. The van der Waals surface area contributed by atoms with Crippen molar-refractivity contribution in [1.82, 2.24) is 9.55 Å². The summed E-state index contributed by atoms with van der Waals surface area (Å²) in [5.74, 6) is -4.11. The van der Waals surface area contributed by atoms with Gasteiger partial charge in [0.25, 0.3) is 0 Å². The molecule has 3 aliphatic rings. The van der Waals surface area contributed by atoms with Crippen LogP contribution in [0.1, 0.15) is 39.8 Å². The molecule has 2 N–H and O–H groups in total. The largest absolute Gasteiger partial charge is 0.466 e. The summed E-state index contributed by atoms with van der Waals surface area (Å²) in [6, 6.07) is 0. The van der Waals surface area contributed by atoms with E-state index in [-0.39, 0.29) is 29.2 Å². The average molecular weight is 513 g/mol. The monoisotopic (exact) mass is 512 g/mol. The maximum atomic E-state index is 12.9. The topological polar surface area (TPSA) is 120 Å². The molecule has 2 aliphatic heterocycles. The highest BCUT2D eigenvalue weighted by molar-refractivity contribution is 5.91. The minimum Gasteiger partial charge on any atom is -0.466 e. The number of esters is 2. The number of aliphatic hydroxyl groups is 2. The number of hydrogen-bond acceptors (Lipinski definition) is 8. The quantitative estimate of drug-likeness (QED) is 0.351. The zero-order valence-corrected chi connectivity index (χ0v) is 22.1. The molecule has 2 bridgehead atoms. The highest BCUT2D eigenvalue weighted by Crippen LogP contribution is 2.49. The second kappa shape index (κ2) is 10.0. The van der Waals surface area contributed by atoms with Gasteiger partial charge in [-0.15, -0.1) is 0 Å². The third-order valence-electron chi connectivity index (χ3n) is 7.74. The van der Waals surface area contributed by atoms with Crippen molar-refractivity contribution in [2.24, 2.45) is 30.7 Å². The number of ether oxygens (including phenoxy) is 3. The summed E-state index contributed by atoms with van der Waals surface area (Å²) in [6.45, 7) is 7.66. The first-order valence-electron chi connectivity index (χ1n) is 12.5. The molecule has 1 aliphatic carbocycles. The van der Waals surface area contributed by atoms with Gasteiger partial charge in [0.15, 0.2) is 0 Å². The Balaban J connectivity index is 1.76. The van der Waals surface area contributed by atoms with Gasteiger partial charge in [-0.05, 0) is 62.2 Å². The van der Waals surface area contributed by atoms with Crippen molar-refractivity contribution >= 4 is 18.0 Å². The van der Waals surface area contributed by atoms with E-state index in [1.807, 2.05) is 33.9 Å². The molecule has 0 aromatic carbocycles. The molecule has 1 aromatic heterocycles. The smallest absolute Gasteiger partial charge is 0.339 e. The third-order valence-corrected chi connectivity index (χ3v) is 7.74. The number of methoxy groups -OCH3 is 1. The summed E-state index contributed by atoms with van der Waals surface area (Å²) in [4.78, 5) is 30.0. The molecule has 0 amide bonds. The van der Waals surface area contributed by atoms with Crippen LogP contribution in [0.5, 0.6) is 0 Å². The minimum absolute atomic E-state index is 0.0560. The zero-order chi connectivity index (χ0) is 27.1. The summed E-state index contributed by atoms with van der Waals surface area (Å²) in [6.07, 6.45) is 11.6. The lowest BCUT2D eigenvalue weighted by Gasteiger charge is -2.43. The number of allylic oxidation sites excluding steroid dienone is 2. The standard InChI is InChI=1S/C28H36N2O7/c1-16(2)25-20-12-21(26(33)35-6)28(34)10-9-27(4,37-28)23(13-19(20)17(3)11-22(25)31)36-24(32)8-7-18-14-30(5)15-29-18/h7-12,14-16,19-20,22-23,25,31,34H,13H2,1-6H3/t19?,20-,22+,23-,25+,27-,28+/m1/s1. The summed E-state index contributed by atoms with van der Waals surface area (Å²) in [5.41, 5.74) is 0.240.